The van der Waals surface area contributed by atoms with E-state index in [2.05, 4.69) is 9.98 Å². The minimum atomic E-state index is -0.263. The molecular weight excluding hydrogens is 246 g/mol. The zero-order valence-corrected chi connectivity index (χ0v) is 10.5. The summed E-state index contributed by atoms with van der Waals surface area (Å²) in [5.74, 6) is 0.453. The van der Waals surface area contributed by atoms with Gasteiger partial charge in [-0.3, -0.25) is 4.98 Å². The standard InChI is InChI=1S/C12H13N5S/c13-11-9-3-1-2-4-10(9)16-12(14)17(11)6-8-5-15-7-18-8/h1-5,7,11H,6,13H2,(H2,14,16). The van der Waals surface area contributed by atoms with Crippen LogP contribution in [0.3, 0.4) is 0 Å². The number of benzene rings is 1. The molecule has 1 aliphatic heterocycles. The van der Waals surface area contributed by atoms with E-state index in [4.69, 9.17) is 11.5 Å². The van der Waals surface area contributed by atoms with Crippen LogP contribution in [0, 0.1) is 0 Å². The molecule has 3 rings (SSSR count). The van der Waals surface area contributed by atoms with Gasteiger partial charge >= 0.3 is 0 Å². The van der Waals surface area contributed by atoms with Crippen molar-refractivity contribution in [3.05, 3.63) is 46.4 Å². The Hall–Kier alpha value is -1.92. The molecule has 2 aromatic rings. The molecule has 2 heterocycles. The Morgan fingerprint density at radius 2 is 2.17 bits per heavy atom. The molecule has 0 spiro atoms. The lowest BCUT2D eigenvalue weighted by Gasteiger charge is -2.33. The number of para-hydroxylation sites is 1. The first kappa shape index (κ1) is 11.2. The van der Waals surface area contributed by atoms with Crippen LogP contribution in [-0.2, 0) is 6.54 Å². The first-order chi connectivity index (χ1) is 8.75. The number of aromatic nitrogens is 1. The summed E-state index contributed by atoms with van der Waals surface area (Å²) in [4.78, 5) is 11.4. The summed E-state index contributed by atoms with van der Waals surface area (Å²) >= 11 is 1.58. The lowest BCUT2D eigenvalue weighted by atomic mass is 10.1. The van der Waals surface area contributed by atoms with Crippen molar-refractivity contribution in [2.24, 2.45) is 16.5 Å². The quantitative estimate of drug-likeness (QED) is 0.857. The Morgan fingerprint density at radius 1 is 1.33 bits per heavy atom. The van der Waals surface area contributed by atoms with Crippen molar-refractivity contribution in [3.8, 4) is 0 Å². The summed E-state index contributed by atoms with van der Waals surface area (Å²) in [6.45, 7) is 0.634. The largest absolute Gasteiger partial charge is 0.369 e. The minimum Gasteiger partial charge on any atom is -0.369 e. The SMILES string of the molecule is NC1=Nc2ccccc2C(N)N1Cc1cncs1. The fourth-order valence-electron chi connectivity index (χ4n) is 2.00. The van der Waals surface area contributed by atoms with Gasteiger partial charge in [0.15, 0.2) is 5.96 Å². The third-order valence-electron chi connectivity index (χ3n) is 2.93. The zero-order valence-electron chi connectivity index (χ0n) is 9.65. The van der Waals surface area contributed by atoms with E-state index in [1.807, 2.05) is 35.4 Å². The molecule has 1 aromatic heterocycles. The molecule has 18 heavy (non-hydrogen) atoms. The van der Waals surface area contributed by atoms with Gasteiger partial charge in [0.05, 0.1) is 17.7 Å². The molecule has 6 heteroatoms. The Balaban J connectivity index is 1.94. The molecule has 92 valence electrons. The van der Waals surface area contributed by atoms with Crippen LogP contribution in [0.5, 0.6) is 0 Å². The summed E-state index contributed by atoms with van der Waals surface area (Å²) < 4.78 is 0. The van der Waals surface area contributed by atoms with E-state index in [-0.39, 0.29) is 6.17 Å². The van der Waals surface area contributed by atoms with Gasteiger partial charge in [0, 0.05) is 16.6 Å². The van der Waals surface area contributed by atoms with E-state index in [0.717, 1.165) is 16.1 Å². The van der Waals surface area contributed by atoms with Gasteiger partial charge in [-0.05, 0) is 6.07 Å². The molecule has 0 saturated carbocycles. The average molecular weight is 259 g/mol. The van der Waals surface area contributed by atoms with Gasteiger partial charge in [0.2, 0.25) is 0 Å². The molecule has 0 amide bonds. The molecule has 0 saturated heterocycles. The van der Waals surface area contributed by atoms with Crippen LogP contribution in [0.2, 0.25) is 0 Å². The number of aliphatic imine (C=N–C) groups is 1. The zero-order chi connectivity index (χ0) is 12.5. The van der Waals surface area contributed by atoms with Gasteiger partial charge in [-0.1, -0.05) is 18.2 Å². The maximum Gasteiger partial charge on any atom is 0.198 e. The number of guanidine groups is 1. The van der Waals surface area contributed by atoms with Crippen LogP contribution in [0.4, 0.5) is 5.69 Å². The molecule has 0 fully saturated rings. The van der Waals surface area contributed by atoms with E-state index < -0.39 is 0 Å². The Labute approximate surface area is 109 Å². The van der Waals surface area contributed by atoms with E-state index in [1.165, 1.54) is 0 Å². The first-order valence-corrected chi connectivity index (χ1v) is 6.46. The Morgan fingerprint density at radius 3 is 2.94 bits per heavy atom. The normalized spacial score (nSPS) is 18.4. The minimum absolute atomic E-state index is 0.263. The third-order valence-corrected chi connectivity index (χ3v) is 3.69. The van der Waals surface area contributed by atoms with Crippen molar-refractivity contribution in [2.45, 2.75) is 12.7 Å². The van der Waals surface area contributed by atoms with Crippen LogP contribution in [0.15, 0.2) is 41.0 Å². The van der Waals surface area contributed by atoms with Gasteiger partial charge in [0.1, 0.15) is 6.17 Å². The highest BCUT2D eigenvalue weighted by Gasteiger charge is 2.25. The summed E-state index contributed by atoms with van der Waals surface area (Å²) in [5, 5.41) is 0. The monoisotopic (exact) mass is 259 g/mol. The molecular formula is C12H13N5S. The number of nitrogens with zero attached hydrogens (tertiary/aromatic N) is 3. The number of nitrogens with two attached hydrogens (primary N) is 2. The van der Waals surface area contributed by atoms with E-state index in [1.54, 1.807) is 16.8 Å². The molecule has 1 unspecified atom stereocenters. The van der Waals surface area contributed by atoms with Gasteiger partial charge in [0.25, 0.3) is 0 Å². The van der Waals surface area contributed by atoms with E-state index in [0.29, 0.717) is 12.5 Å². The molecule has 0 radical (unpaired) electrons. The highest BCUT2D eigenvalue weighted by atomic mass is 32.1. The molecule has 0 aliphatic carbocycles. The van der Waals surface area contributed by atoms with Gasteiger partial charge in [-0.25, -0.2) is 4.99 Å². The number of hydrogen-bond acceptors (Lipinski definition) is 6. The maximum absolute atomic E-state index is 6.25. The summed E-state index contributed by atoms with van der Waals surface area (Å²) in [6, 6.07) is 7.80. The van der Waals surface area contributed by atoms with E-state index >= 15 is 0 Å². The predicted octanol–water partition coefficient (Wildman–Crippen LogP) is 1.56. The lowest BCUT2D eigenvalue weighted by Crippen LogP contribution is -2.44. The number of rotatable bonds is 2. The molecule has 4 N–H and O–H groups in total. The third kappa shape index (κ3) is 1.85. The van der Waals surface area contributed by atoms with E-state index in [9.17, 15) is 0 Å². The highest BCUT2D eigenvalue weighted by molar-refractivity contribution is 7.09. The number of thiazole rings is 1. The highest BCUT2D eigenvalue weighted by Crippen LogP contribution is 2.31. The predicted molar refractivity (Wildman–Crippen MR) is 72.3 cm³/mol. The molecule has 1 aliphatic rings. The topological polar surface area (TPSA) is 80.5 Å². The van der Waals surface area contributed by atoms with Gasteiger partial charge < -0.3 is 16.4 Å². The summed E-state index contributed by atoms with van der Waals surface area (Å²) in [5.41, 5.74) is 15.9. The second-order valence-electron chi connectivity index (χ2n) is 4.07. The first-order valence-electron chi connectivity index (χ1n) is 5.58. The van der Waals surface area contributed by atoms with Crippen molar-refractivity contribution in [2.75, 3.05) is 0 Å². The summed E-state index contributed by atoms with van der Waals surface area (Å²) in [6.07, 6.45) is 1.56. The second-order valence-corrected chi connectivity index (χ2v) is 5.04. The van der Waals surface area contributed by atoms with Crippen molar-refractivity contribution in [3.63, 3.8) is 0 Å². The maximum atomic E-state index is 6.25. The average Bonchev–Trinajstić information content (AvgIpc) is 2.87. The van der Waals surface area contributed by atoms with Crippen LogP contribution < -0.4 is 11.5 Å². The second kappa shape index (κ2) is 4.40. The molecule has 1 aromatic carbocycles. The van der Waals surface area contributed by atoms with Crippen LogP contribution in [0.25, 0.3) is 0 Å². The van der Waals surface area contributed by atoms with Crippen LogP contribution in [-0.4, -0.2) is 15.8 Å². The van der Waals surface area contributed by atoms with Crippen LogP contribution >= 0.6 is 11.3 Å². The molecule has 0 bridgehead atoms. The summed E-state index contributed by atoms with van der Waals surface area (Å²) in [7, 11) is 0. The van der Waals surface area contributed by atoms with Crippen molar-refractivity contribution >= 4 is 23.0 Å². The van der Waals surface area contributed by atoms with Crippen molar-refractivity contribution in [1.29, 1.82) is 0 Å². The smallest absolute Gasteiger partial charge is 0.198 e. The van der Waals surface area contributed by atoms with Gasteiger partial charge in [-0.15, -0.1) is 11.3 Å². The Kier molecular flexibility index (Phi) is 2.73. The van der Waals surface area contributed by atoms with Crippen molar-refractivity contribution in [1.82, 2.24) is 9.88 Å². The van der Waals surface area contributed by atoms with Crippen LogP contribution in [0.1, 0.15) is 16.6 Å². The molecule has 5 nitrogen and oxygen atoms in total. The fourth-order valence-corrected chi connectivity index (χ4v) is 2.60. The van der Waals surface area contributed by atoms with Gasteiger partial charge in [-0.2, -0.15) is 0 Å². The Bertz CT molecular complexity index is 578. The van der Waals surface area contributed by atoms with Crippen molar-refractivity contribution < 1.29 is 0 Å². The lowest BCUT2D eigenvalue weighted by molar-refractivity contribution is 0.310. The number of fused-ring (bicyclic) bond motifs is 1. The fraction of sp³-hybridized carbons (Fsp3) is 0.167. The molecule has 1 atom stereocenters. The number of hydrogen-bond donors (Lipinski definition) is 2.